The molecule has 2 aromatic heterocycles. The summed E-state index contributed by atoms with van der Waals surface area (Å²) in [7, 11) is 3.90. The van der Waals surface area contributed by atoms with E-state index in [2.05, 4.69) is 27.1 Å². The van der Waals surface area contributed by atoms with Crippen LogP contribution in [0, 0.1) is 6.92 Å². The van der Waals surface area contributed by atoms with Crippen LogP contribution in [0.3, 0.4) is 0 Å². The number of anilines is 1. The van der Waals surface area contributed by atoms with Gasteiger partial charge in [0.15, 0.2) is 0 Å². The average Bonchev–Trinajstić information content (AvgIpc) is 3.23. The lowest BCUT2D eigenvalue weighted by Gasteiger charge is -2.33. The minimum atomic E-state index is 0.0528. The molecule has 1 aliphatic heterocycles. The Morgan fingerprint density at radius 2 is 1.94 bits per heavy atom. The fraction of sp³-hybridized carbons (Fsp3) is 0.308. The normalized spacial score (nSPS) is 16.2. The van der Waals surface area contributed by atoms with Crippen molar-refractivity contribution < 1.29 is 4.79 Å². The van der Waals surface area contributed by atoms with Crippen molar-refractivity contribution in [1.82, 2.24) is 24.8 Å². The van der Waals surface area contributed by atoms with Gasteiger partial charge in [-0.3, -0.25) is 4.79 Å². The lowest BCUT2D eigenvalue weighted by Crippen LogP contribution is -2.39. The first kappa shape index (κ1) is 21.1. The van der Waals surface area contributed by atoms with Gasteiger partial charge in [0.2, 0.25) is 5.95 Å². The Kier molecular flexibility index (Phi) is 5.54. The van der Waals surface area contributed by atoms with Crippen molar-refractivity contribution in [1.29, 1.82) is 0 Å². The number of amides is 1. The first-order valence-electron chi connectivity index (χ1n) is 11.3. The minimum absolute atomic E-state index is 0.0528. The van der Waals surface area contributed by atoms with Crippen LogP contribution in [-0.2, 0) is 0 Å². The number of carbonyl (C=O) groups excluding carboxylic acids is 1. The van der Waals surface area contributed by atoms with Gasteiger partial charge in [-0.25, -0.2) is 15.0 Å². The van der Waals surface area contributed by atoms with Gasteiger partial charge in [-0.15, -0.1) is 0 Å². The van der Waals surface area contributed by atoms with Gasteiger partial charge >= 0.3 is 0 Å². The summed E-state index contributed by atoms with van der Waals surface area (Å²) in [6.45, 7) is 3.31. The van der Waals surface area contributed by atoms with Crippen molar-refractivity contribution in [2.24, 2.45) is 0 Å². The molecule has 3 heterocycles. The third-order valence-corrected chi connectivity index (χ3v) is 6.23. The highest BCUT2D eigenvalue weighted by Crippen LogP contribution is 2.34. The first-order valence-corrected chi connectivity index (χ1v) is 11.3. The van der Waals surface area contributed by atoms with Crippen molar-refractivity contribution in [2.75, 3.05) is 32.1 Å². The van der Waals surface area contributed by atoms with E-state index in [-0.39, 0.29) is 11.8 Å². The second-order valence-electron chi connectivity index (χ2n) is 8.87. The van der Waals surface area contributed by atoms with E-state index in [1.54, 1.807) is 0 Å². The van der Waals surface area contributed by atoms with E-state index in [0.717, 1.165) is 53.1 Å². The minimum Gasteiger partial charge on any atom is -0.347 e. The van der Waals surface area contributed by atoms with Crippen molar-refractivity contribution >= 4 is 22.9 Å². The maximum Gasteiger partial charge on any atom is 0.253 e. The number of likely N-dealkylation sites (tertiary alicyclic amines) is 1. The highest BCUT2D eigenvalue weighted by atomic mass is 16.2. The molecule has 0 unspecified atom stereocenters. The third kappa shape index (κ3) is 4.18. The Hall–Kier alpha value is -3.74. The summed E-state index contributed by atoms with van der Waals surface area (Å²) >= 11 is 0. The fourth-order valence-electron chi connectivity index (χ4n) is 4.59. The second kappa shape index (κ2) is 8.65. The molecule has 168 valence electrons. The number of carbonyl (C=O) groups is 1. The van der Waals surface area contributed by atoms with E-state index >= 15 is 0 Å². The molecular weight excluding hydrogens is 412 g/mol. The Labute approximate surface area is 193 Å². The topological polar surface area (TPSA) is 78.0 Å². The molecule has 1 saturated heterocycles. The maximum absolute atomic E-state index is 13.4. The number of nitrogens with one attached hydrogen (secondary N) is 1. The summed E-state index contributed by atoms with van der Waals surface area (Å²) < 4.78 is 0. The summed E-state index contributed by atoms with van der Waals surface area (Å²) in [5.74, 6) is 1.74. The lowest BCUT2D eigenvalue weighted by atomic mass is 9.89. The van der Waals surface area contributed by atoms with E-state index < -0.39 is 0 Å². The number of hydrogen-bond donors (Lipinski definition) is 1. The van der Waals surface area contributed by atoms with E-state index in [0.29, 0.717) is 18.1 Å². The second-order valence-corrected chi connectivity index (χ2v) is 8.87. The van der Waals surface area contributed by atoms with Crippen molar-refractivity contribution in [2.45, 2.75) is 25.7 Å². The molecule has 1 fully saturated rings. The van der Waals surface area contributed by atoms with Crippen LogP contribution in [0.25, 0.3) is 22.2 Å². The number of fused-ring (bicyclic) bond motifs is 1. The molecule has 0 radical (unpaired) electrons. The zero-order chi connectivity index (χ0) is 22.9. The van der Waals surface area contributed by atoms with Crippen LogP contribution in [-0.4, -0.2) is 57.9 Å². The van der Waals surface area contributed by atoms with E-state index in [1.807, 2.05) is 73.4 Å². The van der Waals surface area contributed by atoms with Gasteiger partial charge in [0.05, 0.1) is 16.7 Å². The predicted molar refractivity (Wildman–Crippen MR) is 131 cm³/mol. The monoisotopic (exact) mass is 440 g/mol. The van der Waals surface area contributed by atoms with Crippen LogP contribution in [0.1, 0.15) is 40.6 Å². The number of piperidine rings is 1. The molecule has 2 aromatic carbocycles. The molecule has 4 aromatic rings. The van der Waals surface area contributed by atoms with E-state index in [1.165, 1.54) is 0 Å². The average molecular weight is 441 g/mol. The molecule has 1 amide bonds. The van der Waals surface area contributed by atoms with Gasteiger partial charge in [-0.2, -0.15) is 0 Å². The number of nitrogens with zero attached hydrogens (tertiary/aromatic N) is 5. The molecule has 1 aliphatic rings. The number of H-pyrrole nitrogens is 1. The van der Waals surface area contributed by atoms with Crippen molar-refractivity contribution in [3.8, 4) is 11.1 Å². The number of imidazole rings is 1. The quantitative estimate of drug-likeness (QED) is 0.508. The molecular formula is C26H28N6O. The SMILES string of the molecule is Cc1nc2ccc(C(=O)N3CCC[C@H](c4nc(N(C)C)ncc4-c4ccccc4)C3)cc2[nH]1. The zero-order valence-electron chi connectivity index (χ0n) is 19.2. The van der Waals surface area contributed by atoms with Crippen LogP contribution in [0.2, 0.25) is 0 Å². The molecule has 33 heavy (non-hydrogen) atoms. The fourth-order valence-corrected chi connectivity index (χ4v) is 4.59. The standard InChI is InChI=1S/C26H28N6O/c1-17-28-22-12-11-19(14-23(22)29-17)25(33)32-13-7-10-20(16-32)24-21(18-8-5-4-6-9-18)15-27-26(30-24)31(2)3/h4-6,8-9,11-12,14-15,20H,7,10,13,16H2,1-3H3,(H,28,29)/t20-/m0/s1. The van der Waals surface area contributed by atoms with Crippen molar-refractivity contribution in [3.05, 3.63) is 71.8 Å². The van der Waals surface area contributed by atoms with Crippen LogP contribution < -0.4 is 4.90 Å². The van der Waals surface area contributed by atoms with Crippen LogP contribution in [0.4, 0.5) is 5.95 Å². The summed E-state index contributed by atoms with van der Waals surface area (Å²) in [4.78, 5) is 34.5. The number of hydrogen-bond acceptors (Lipinski definition) is 5. The molecule has 7 heteroatoms. The molecule has 7 nitrogen and oxygen atoms in total. The number of aryl methyl sites for hydroxylation is 1. The van der Waals surface area contributed by atoms with Crippen LogP contribution in [0.5, 0.6) is 0 Å². The van der Waals surface area contributed by atoms with Gasteiger partial charge in [0.25, 0.3) is 5.91 Å². The predicted octanol–water partition coefficient (Wildman–Crippen LogP) is 4.41. The maximum atomic E-state index is 13.4. The summed E-state index contributed by atoms with van der Waals surface area (Å²) in [6.07, 6.45) is 3.85. The van der Waals surface area contributed by atoms with E-state index in [9.17, 15) is 4.79 Å². The molecule has 0 spiro atoms. The van der Waals surface area contributed by atoms with Crippen LogP contribution in [0.15, 0.2) is 54.7 Å². The van der Waals surface area contributed by atoms with Gasteiger partial charge in [0.1, 0.15) is 5.82 Å². The molecule has 0 aliphatic carbocycles. The highest BCUT2D eigenvalue weighted by Gasteiger charge is 2.29. The van der Waals surface area contributed by atoms with Crippen LogP contribution >= 0.6 is 0 Å². The zero-order valence-corrected chi connectivity index (χ0v) is 19.2. The lowest BCUT2D eigenvalue weighted by molar-refractivity contribution is 0.0706. The molecule has 5 rings (SSSR count). The van der Waals surface area contributed by atoms with Gasteiger partial charge < -0.3 is 14.8 Å². The highest BCUT2D eigenvalue weighted by molar-refractivity contribution is 5.97. The first-order chi connectivity index (χ1) is 16.0. The smallest absolute Gasteiger partial charge is 0.253 e. The molecule has 0 bridgehead atoms. The third-order valence-electron chi connectivity index (χ3n) is 6.23. The largest absolute Gasteiger partial charge is 0.347 e. The number of aromatic nitrogens is 4. The summed E-state index contributed by atoms with van der Waals surface area (Å²) in [5, 5.41) is 0. The number of benzene rings is 2. The van der Waals surface area contributed by atoms with Crippen molar-refractivity contribution in [3.63, 3.8) is 0 Å². The molecule has 1 atom stereocenters. The molecule has 1 N–H and O–H groups in total. The van der Waals surface area contributed by atoms with Gasteiger partial charge in [0, 0.05) is 50.4 Å². The number of rotatable bonds is 4. The molecule has 0 saturated carbocycles. The Morgan fingerprint density at radius 1 is 1.12 bits per heavy atom. The Morgan fingerprint density at radius 3 is 2.73 bits per heavy atom. The number of aromatic amines is 1. The summed E-state index contributed by atoms with van der Waals surface area (Å²) in [6, 6.07) is 15.9. The van der Waals surface area contributed by atoms with Gasteiger partial charge in [-0.05, 0) is 43.5 Å². The van der Waals surface area contributed by atoms with E-state index in [4.69, 9.17) is 4.98 Å². The van der Waals surface area contributed by atoms with Gasteiger partial charge in [-0.1, -0.05) is 30.3 Å². The Balaban J connectivity index is 1.46. The Bertz CT molecular complexity index is 1300. The summed E-state index contributed by atoms with van der Waals surface area (Å²) in [5.41, 5.74) is 5.61.